The molecule has 6 atom stereocenters. The molecule has 0 saturated heterocycles. The van der Waals surface area contributed by atoms with Gasteiger partial charge < -0.3 is 5.73 Å². The minimum absolute atomic E-state index is 0.255. The van der Waals surface area contributed by atoms with Gasteiger partial charge in [-0.1, -0.05) is 19.9 Å². The van der Waals surface area contributed by atoms with Crippen molar-refractivity contribution in [3.8, 4) is 6.07 Å². The number of hydrogen-bond donors (Lipinski definition) is 1. The summed E-state index contributed by atoms with van der Waals surface area (Å²) in [6.07, 6.45) is 7.19. The lowest BCUT2D eigenvalue weighted by molar-refractivity contribution is -0.0266. The monoisotopic (exact) mass is 243 g/mol. The van der Waals surface area contributed by atoms with Crippen molar-refractivity contribution >= 4 is 6.34 Å². The number of rotatable bonds is 3. The van der Waals surface area contributed by atoms with Gasteiger partial charge in [-0.05, 0) is 48.3 Å². The first-order valence-corrected chi connectivity index (χ1v) is 7.01. The van der Waals surface area contributed by atoms with E-state index in [-0.39, 0.29) is 5.41 Å². The third-order valence-corrected chi connectivity index (χ3v) is 5.40. The van der Waals surface area contributed by atoms with E-state index >= 15 is 0 Å². The number of aliphatic imine (C=N–C) groups is 1. The fourth-order valence-electron chi connectivity index (χ4n) is 4.61. The van der Waals surface area contributed by atoms with E-state index in [9.17, 15) is 5.26 Å². The summed E-state index contributed by atoms with van der Waals surface area (Å²) < 4.78 is 0. The van der Waals surface area contributed by atoms with Gasteiger partial charge in [-0.25, -0.2) is 0 Å². The SMILES string of the molecule is CCC(N=CN)C1CC2(C)C=C(C#N)C3C[C@@H]3C12. The predicted molar refractivity (Wildman–Crippen MR) is 71.8 cm³/mol. The van der Waals surface area contributed by atoms with Gasteiger partial charge in [0.05, 0.1) is 18.4 Å². The topological polar surface area (TPSA) is 62.2 Å². The zero-order valence-corrected chi connectivity index (χ0v) is 11.1. The number of nitrogens with two attached hydrogens (primary N) is 1. The largest absolute Gasteiger partial charge is 0.390 e. The fraction of sp³-hybridized carbons (Fsp3) is 0.733. The maximum Gasteiger partial charge on any atom is 0.0947 e. The Morgan fingerprint density at radius 2 is 2.50 bits per heavy atom. The van der Waals surface area contributed by atoms with E-state index in [1.807, 2.05) is 0 Å². The molecule has 0 aromatic rings. The highest BCUT2D eigenvalue weighted by Crippen LogP contribution is 2.69. The molecule has 0 bridgehead atoms. The number of nitrogens with zero attached hydrogens (tertiary/aromatic N) is 2. The van der Waals surface area contributed by atoms with Crippen LogP contribution in [0.5, 0.6) is 0 Å². The predicted octanol–water partition coefficient (Wildman–Crippen LogP) is 2.49. The summed E-state index contributed by atoms with van der Waals surface area (Å²) in [5, 5.41) is 9.18. The first-order valence-electron chi connectivity index (χ1n) is 7.01. The molecule has 3 aliphatic rings. The van der Waals surface area contributed by atoms with Crippen LogP contribution in [0, 0.1) is 40.4 Å². The number of nitriles is 1. The molecule has 0 aliphatic heterocycles. The third kappa shape index (κ3) is 1.44. The Morgan fingerprint density at radius 3 is 3.11 bits per heavy atom. The Balaban J connectivity index is 1.84. The molecule has 0 amide bonds. The number of hydrogen-bond acceptors (Lipinski definition) is 2. The van der Waals surface area contributed by atoms with Gasteiger partial charge in [0.2, 0.25) is 0 Å². The molecule has 3 rings (SSSR count). The zero-order chi connectivity index (χ0) is 12.9. The lowest BCUT2D eigenvalue weighted by Gasteiger charge is -2.56. The van der Waals surface area contributed by atoms with Gasteiger partial charge in [0.25, 0.3) is 0 Å². The smallest absolute Gasteiger partial charge is 0.0947 e. The van der Waals surface area contributed by atoms with Crippen LogP contribution in [0.4, 0.5) is 0 Å². The van der Waals surface area contributed by atoms with Crippen LogP contribution in [0.25, 0.3) is 0 Å². The summed E-state index contributed by atoms with van der Waals surface area (Å²) in [6.45, 7) is 4.51. The number of allylic oxidation sites excluding steroid dienone is 2. The normalized spacial score (nSPS) is 46.4. The summed E-state index contributed by atoms with van der Waals surface area (Å²) in [5.41, 5.74) is 6.77. The van der Waals surface area contributed by atoms with E-state index in [1.54, 1.807) is 0 Å². The van der Waals surface area contributed by atoms with Gasteiger partial charge in [0.1, 0.15) is 0 Å². The van der Waals surface area contributed by atoms with Crippen molar-refractivity contribution in [2.24, 2.45) is 39.8 Å². The van der Waals surface area contributed by atoms with Crippen LogP contribution in [0.3, 0.4) is 0 Å². The van der Waals surface area contributed by atoms with Gasteiger partial charge in [0, 0.05) is 5.57 Å². The molecule has 2 saturated carbocycles. The van der Waals surface area contributed by atoms with Gasteiger partial charge in [-0.3, -0.25) is 4.99 Å². The second-order valence-corrected chi connectivity index (χ2v) is 6.39. The van der Waals surface area contributed by atoms with Crippen LogP contribution >= 0.6 is 0 Å². The van der Waals surface area contributed by atoms with Crippen molar-refractivity contribution in [3.05, 3.63) is 11.6 Å². The van der Waals surface area contributed by atoms with E-state index in [2.05, 4.69) is 31.0 Å². The maximum atomic E-state index is 9.18. The van der Waals surface area contributed by atoms with Crippen LogP contribution in [0.15, 0.2) is 16.6 Å². The Hall–Kier alpha value is -1.30. The highest BCUT2D eigenvalue weighted by molar-refractivity contribution is 5.51. The molecule has 0 spiro atoms. The van der Waals surface area contributed by atoms with Crippen molar-refractivity contribution in [1.82, 2.24) is 0 Å². The molecular weight excluding hydrogens is 222 g/mol. The summed E-state index contributed by atoms with van der Waals surface area (Å²) >= 11 is 0. The molecule has 18 heavy (non-hydrogen) atoms. The molecule has 2 fully saturated rings. The molecule has 2 N–H and O–H groups in total. The highest BCUT2D eigenvalue weighted by Gasteiger charge is 2.64. The van der Waals surface area contributed by atoms with Crippen LogP contribution in [-0.4, -0.2) is 12.4 Å². The Bertz CT molecular complexity index is 459. The third-order valence-electron chi connectivity index (χ3n) is 5.40. The van der Waals surface area contributed by atoms with Crippen molar-refractivity contribution in [2.75, 3.05) is 0 Å². The Morgan fingerprint density at radius 1 is 1.72 bits per heavy atom. The van der Waals surface area contributed by atoms with Crippen molar-refractivity contribution in [3.63, 3.8) is 0 Å². The average Bonchev–Trinajstić information content (AvgIpc) is 3.09. The maximum absolute atomic E-state index is 9.18. The van der Waals surface area contributed by atoms with E-state index in [0.717, 1.165) is 23.8 Å². The quantitative estimate of drug-likeness (QED) is 0.611. The standard InChI is InChI=1S/C15H21N3/c1-3-13(18-8-17)12-6-15(2)5-9(7-16)10-4-11(10)14(12)15/h5,8,10-14H,3-4,6H2,1-2H3,(H2,17,18)/t10?,11-,12?,13?,14?,15?/m0/s1. The lowest BCUT2D eigenvalue weighted by Crippen LogP contribution is -2.52. The Labute approximate surface area is 109 Å². The summed E-state index contributed by atoms with van der Waals surface area (Å²) in [5.74, 6) is 2.71. The van der Waals surface area contributed by atoms with Crippen molar-refractivity contribution < 1.29 is 0 Å². The molecule has 0 aromatic carbocycles. The van der Waals surface area contributed by atoms with Crippen LogP contribution in [0.1, 0.15) is 33.1 Å². The van der Waals surface area contributed by atoms with Gasteiger partial charge in [0.15, 0.2) is 0 Å². The molecule has 0 aromatic heterocycles. The average molecular weight is 243 g/mol. The molecule has 0 radical (unpaired) electrons. The van der Waals surface area contributed by atoms with E-state index < -0.39 is 0 Å². The molecule has 3 nitrogen and oxygen atoms in total. The van der Waals surface area contributed by atoms with Gasteiger partial charge >= 0.3 is 0 Å². The van der Waals surface area contributed by atoms with E-state index in [0.29, 0.717) is 17.9 Å². The molecule has 3 heteroatoms. The molecule has 0 heterocycles. The highest BCUT2D eigenvalue weighted by atomic mass is 14.9. The molecule has 5 unspecified atom stereocenters. The fourth-order valence-corrected chi connectivity index (χ4v) is 4.61. The zero-order valence-electron chi connectivity index (χ0n) is 11.1. The van der Waals surface area contributed by atoms with Gasteiger partial charge in [-0.2, -0.15) is 5.26 Å². The number of fused-ring (bicyclic) bond motifs is 3. The minimum Gasteiger partial charge on any atom is -0.390 e. The summed E-state index contributed by atoms with van der Waals surface area (Å²) in [6, 6.07) is 2.78. The van der Waals surface area contributed by atoms with Crippen molar-refractivity contribution in [1.29, 1.82) is 5.26 Å². The second kappa shape index (κ2) is 3.85. The molecule has 3 aliphatic carbocycles. The minimum atomic E-state index is 0.255. The second-order valence-electron chi connectivity index (χ2n) is 6.39. The summed E-state index contributed by atoms with van der Waals surface area (Å²) in [4.78, 5) is 4.45. The van der Waals surface area contributed by atoms with Gasteiger partial charge in [-0.15, -0.1) is 0 Å². The van der Waals surface area contributed by atoms with Crippen LogP contribution in [-0.2, 0) is 0 Å². The van der Waals surface area contributed by atoms with E-state index in [1.165, 1.54) is 19.2 Å². The molecule has 96 valence electrons. The first kappa shape index (κ1) is 11.8. The molecular formula is C15H21N3. The Kier molecular flexibility index (Phi) is 2.52. The lowest BCUT2D eigenvalue weighted by atomic mass is 9.48. The first-order chi connectivity index (χ1) is 8.64. The van der Waals surface area contributed by atoms with E-state index in [4.69, 9.17) is 5.73 Å². The summed E-state index contributed by atoms with van der Waals surface area (Å²) in [7, 11) is 0. The van der Waals surface area contributed by atoms with Crippen LogP contribution in [0.2, 0.25) is 0 Å². The van der Waals surface area contributed by atoms with Crippen LogP contribution < -0.4 is 5.73 Å². The van der Waals surface area contributed by atoms with Crippen molar-refractivity contribution in [2.45, 2.75) is 39.2 Å².